The molecule has 1 aromatic carbocycles. The van der Waals surface area contributed by atoms with Gasteiger partial charge in [0.15, 0.2) is 11.5 Å². The highest BCUT2D eigenvalue weighted by Crippen LogP contribution is 2.34. The van der Waals surface area contributed by atoms with E-state index in [0.717, 1.165) is 23.1 Å². The Morgan fingerprint density at radius 3 is 2.53 bits per heavy atom. The molecular weight excluding hydrogens is 256 g/mol. The molecule has 0 aromatic heterocycles. The minimum Gasteiger partial charge on any atom is -0.489 e. The highest BCUT2D eigenvalue weighted by molar-refractivity contribution is 9.10. The maximum absolute atomic E-state index is 5.61. The minimum absolute atomic E-state index is 0.690. The third-order valence-corrected chi connectivity index (χ3v) is 2.39. The van der Waals surface area contributed by atoms with Gasteiger partial charge < -0.3 is 9.47 Å². The van der Waals surface area contributed by atoms with Crippen molar-refractivity contribution in [3.8, 4) is 11.5 Å². The number of halogens is 1. The largest absolute Gasteiger partial charge is 0.489 e. The van der Waals surface area contributed by atoms with Crippen LogP contribution in [0.15, 0.2) is 16.6 Å². The van der Waals surface area contributed by atoms with Crippen LogP contribution in [0.5, 0.6) is 11.5 Å². The van der Waals surface area contributed by atoms with Gasteiger partial charge in [0, 0.05) is 6.07 Å². The molecule has 0 fully saturated rings. The van der Waals surface area contributed by atoms with Gasteiger partial charge in [0.25, 0.3) is 0 Å². The van der Waals surface area contributed by atoms with Gasteiger partial charge >= 0.3 is 0 Å². The van der Waals surface area contributed by atoms with Gasteiger partial charge in [0.2, 0.25) is 0 Å². The SMILES string of the molecule is CCCOc1[c]ccc(Br)c1OCCC. The molecule has 0 atom stereocenters. The summed E-state index contributed by atoms with van der Waals surface area (Å²) < 4.78 is 12.1. The number of hydrogen-bond acceptors (Lipinski definition) is 2. The summed E-state index contributed by atoms with van der Waals surface area (Å²) in [6, 6.07) is 6.78. The van der Waals surface area contributed by atoms with E-state index in [2.05, 4.69) is 35.8 Å². The first-order valence-corrected chi connectivity index (χ1v) is 6.04. The first kappa shape index (κ1) is 12.4. The van der Waals surface area contributed by atoms with E-state index >= 15 is 0 Å². The van der Waals surface area contributed by atoms with Gasteiger partial charge in [-0.25, -0.2) is 0 Å². The monoisotopic (exact) mass is 271 g/mol. The van der Waals surface area contributed by atoms with E-state index in [-0.39, 0.29) is 0 Å². The fraction of sp³-hybridized carbons (Fsp3) is 0.500. The van der Waals surface area contributed by atoms with E-state index < -0.39 is 0 Å². The van der Waals surface area contributed by atoms with Crippen molar-refractivity contribution in [2.45, 2.75) is 26.7 Å². The van der Waals surface area contributed by atoms with E-state index in [1.807, 2.05) is 12.1 Å². The molecule has 1 aromatic rings. The molecule has 3 heteroatoms. The quantitative estimate of drug-likeness (QED) is 0.783. The molecule has 1 radical (unpaired) electrons. The van der Waals surface area contributed by atoms with Crippen molar-refractivity contribution in [2.75, 3.05) is 13.2 Å². The Morgan fingerprint density at radius 1 is 1.20 bits per heavy atom. The van der Waals surface area contributed by atoms with Crippen LogP contribution < -0.4 is 9.47 Å². The Hall–Kier alpha value is -0.700. The molecule has 83 valence electrons. The highest BCUT2D eigenvalue weighted by Gasteiger charge is 2.08. The molecule has 1 rings (SSSR count). The summed E-state index contributed by atoms with van der Waals surface area (Å²) in [5, 5.41) is 0. The van der Waals surface area contributed by atoms with Crippen LogP contribution in [0.1, 0.15) is 26.7 Å². The Kier molecular flexibility index (Phi) is 5.54. The van der Waals surface area contributed by atoms with Gasteiger partial charge in [0.05, 0.1) is 17.7 Å². The van der Waals surface area contributed by atoms with Gasteiger partial charge in [-0.2, -0.15) is 0 Å². The van der Waals surface area contributed by atoms with Gasteiger partial charge in [-0.05, 0) is 40.9 Å². The topological polar surface area (TPSA) is 18.5 Å². The van der Waals surface area contributed by atoms with Crippen LogP contribution in [0, 0.1) is 6.07 Å². The van der Waals surface area contributed by atoms with Crippen LogP contribution in [0.3, 0.4) is 0 Å². The third-order valence-electron chi connectivity index (χ3n) is 1.77. The van der Waals surface area contributed by atoms with E-state index in [9.17, 15) is 0 Å². The van der Waals surface area contributed by atoms with Crippen molar-refractivity contribution in [1.29, 1.82) is 0 Å². The molecule has 0 bridgehead atoms. The molecule has 2 nitrogen and oxygen atoms in total. The lowest BCUT2D eigenvalue weighted by molar-refractivity contribution is 0.266. The van der Waals surface area contributed by atoms with Gasteiger partial charge in [-0.15, -0.1) is 0 Å². The fourth-order valence-electron chi connectivity index (χ4n) is 1.09. The Bertz CT molecular complexity index is 300. The molecule has 0 saturated heterocycles. The maximum Gasteiger partial charge on any atom is 0.175 e. The lowest BCUT2D eigenvalue weighted by atomic mass is 10.3. The van der Waals surface area contributed by atoms with Crippen molar-refractivity contribution in [3.05, 3.63) is 22.7 Å². The highest BCUT2D eigenvalue weighted by atomic mass is 79.9. The van der Waals surface area contributed by atoms with Crippen LogP contribution in [-0.2, 0) is 0 Å². The van der Waals surface area contributed by atoms with E-state index in [0.29, 0.717) is 19.0 Å². The summed E-state index contributed by atoms with van der Waals surface area (Å²) in [6.07, 6.45) is 1.96. The Morgan fingerprint density at radius 2 is 1.87 bits per heavy atom. The molecule has 15 heavy (non-hydrogen) atoms. The predicted molar refractivity (Wildman–Crippen MR) is 64.6 cm³/mol. The number of rotatable bonds is 6. The van der Waals surface area contributed by atoms with Crippen LogP contribution in [0.25, 0.3) is 0 Å². The second-order valence-corrected chi connectivity index (χ2v) is 4.04. The number of ether oxygens (including phenoxy) is 2. The standard InChI is InChI=1S/C12H16BrO2/c1-3-8-14-11-7-5-6-10(13)12(11)15-9-4-2/h5-6H,3-4,8-9H2,1-2H3. The second-order valence-electron chi connectivity index (χ2n) is 3.18. The average molecular weight is 272 g/mol. The lowest BCUT2D eigenvalue weighted by Crippen LogP contribution is -2.01. The zero-order chi connectivity index (χ0) is 11.1. The zero-order valence-electron chi connectivity index (χ0n) is 9.18. The van der Waals surface area contributed by atoms with Crippen molar-refractivity contribution < 1.29 is 9.47 Å². The van der Waals surface area contributed by atoms with E-state index in [1.54, 1.807) is 0 Å². The van der Waals surface area contributed by atoms with Crippen molar-refractivity contribution in [1.82, 2.24) is 0 Å². The van der Waals surface area contributed by atoms with E-state index in [4.69, 9.17) is 9.47 Å². The van der Waals surface area contributed by atoms with E-state index in [1.165, 1.54) is 0 Å². The normalized spacial score (nSPS) is 10.1. The molecule has 0 aliphatic heterocycles. The summed E-state index contributed by atoms with van der Waals surface area (Å²) in [4.78, 5) is 0. The summed E-state index contributed by atoms with van der Waals surface area (Å²) in [6.45, 7) is 5.53. The first-order valence-electron chi connectivity index (χ1n) is 5.25. The minimum atomic E-state index is 0.690. The van der Waals surface area contributed by atoms with Gasteiger partial charge in [0.1, 0.15) is 0 Å². The molecule has 0 unspecified atom stereocenters. The Labute approximate surface area is 99.7 Å². The van der Waals surface area contributed by atoms with Crippen LogP contribution in [-0.4, -0.2) is 13.2 Å². The molecule has 0 aliphatic carbocycles. The summed E-state index contributed by atoms with van der Waals surface area (Å²) in [5.41, 5.74) is 0. The summed E-state index contributed by atoms with van der Waals surface area (Å²) >= 11 is 3.44. The third kappa shape index (κ3) is 3.74. The van der Waals surface area contributed by atoms with Crippen molar-refractivity contribution in [3.63, 3.8) is 0 Å². The van der Waals surface area contributed by atoms with Gasteiger partial charge in [-0.1, -0.05) is 13.8 Å². The van der Waals surface area contributed by atoms with Crippen LogP contribution in [0.2, 0.25) is 0 Å². The molecule has 0 amide bonds. The van der Waals surface area contributed by atoms with Crippen molar-refractivity contribution in [2.24, 2.45) is 0 Å². The fourth-order valence-corrected chi connectivity index (χ4v) is 1.52. The summed E-state index contributed by atoms with van der Waals surface area (Å²) in [5.74, 6) is 1.45. The number of hydrogen-bond donors (Lipinski definition) is 0. The Balaban J connectivity index is 2.77. The zero-order valence-corrected chi connectivity index (χ0v) is 10.8. The van der Waals surface area contributed by atoms with Gasteiger partial charge in [-0.3, -0.25) is 0 Å². The molecule has 0 heterocycles. The molecule has 0 aliphatic rings. The lowest BCUT2D eigenvalue weighted by Gasteiger charge is -2.12. The summed E-state index contributed by atoms with van der Waals surface area (Å²) in [7, 11) is 0. The van der Waals surface area contributed by atoms with Crippen LogP contribution in [0.4, 0.5) is 0 Å². The molecule has 0 spiro atoms. The molecular formula is C12H16BrO2. The average Bonchev–Trinajstić information content (AvgIpc) is 2.25. The van der Waals surface area contributed by atoms with Crippen LogP contribution >= 0.6 is 15.9 Å². The van der Waals surface area contributed by atoms with Crippen molar-refractivity contribution >= 4 is 15.9 Å². The smallest absolute Gasteiger partial charge is 0.175 e. The first-order chi connectivity index (χ1) is 7.29. The number of benzene rings is 1. The predicted octanol–water partition coefficient (Wildman–Crippen LogP) is 3.83. The second kappa shape index (κ2) is 6.72. The molecule has 0 saturated carbocycles. The molecule has 0 N–H and O–H groups in total. The maximum atomic E-state index is 5.61.